The number of nitriles is 1. The smallest absolute Gasteiger partial charge is 0.128 e. The Morgan fingerprint density at radius 2 is 2.18 bits per heavy atom. The highest BCUT2D eigenvalue weighted by Gasteiger charge is 2.30. The molecule has 2 N–H and O–H groups in total. The molecule has 2 aliphatic rings. The molecule has 0 bridgehead atoms. The van der Waals surface area contributed by atoms with Crippen molar-refractivity contribution in [1.82, 2.24) is 4.57 Å². The first-order valence-corrected chi connectivity index (χ1v) is 5.89. The van der Waals surface area contributed by atoms with E-state index in [9.17, 15) is 0 Å². The van der Waals surface area contributed by atoms with Crippen LogP contribution >= 0.6 is 0 Å². The molecule has 4 nitrogen and oxygen atoms in total. The molecule has 0 aromatic carbocycles. The van der Waals surface area contributed by atoms with E-state index in [1.165, 1.54) is 24.1 Å². The maximum absolute atomic E-state index is 9.15. The molecule has 1 aliphatic carbocycles. The first-order valence-electron chi connectivity index (χ1n) is 5.89. The second-order valence-electron chi connectivity index (χ2n) is 4.49. The molecule has 2 heterocycles. The lowest BCUT2D eigenvalue weighted by molar-refractivity contribution is 0.664. The van der Waals surface area contributed by atoms with Crippen molar-refractivity contribution in [2.75, 3.05) is 7.05 Å². The second-order valence-corrected chi connectivity index (χ2v) is 4.49. The minimum Gasteiger partial charge on any atom is -0.384 e. The van der Waals surface area contributed by atoms with Gasteiger partial charge in [0.05, 0.1) is 5.69 Å². The molecular formula is C13H14N4. The molecule has 1 aromatic heterocycles. The summed E-state index contributed by atoms with van der Waals surface area (Å²) in [4.78, 5) is 4.21. The molecule has 0 atom stereocenters. The molecule has 1 aliphatic heterocycles. The Bertz CT molecular complexity index is 596. The first-order chi connectivity index (χ1) is 8.27. The Kier molecular flexibility index (Phi) is 2.08. The van der Waals surface area contributed by atoms with Crippen molar-refractivity contribution >= 4 is 11.5 Å². The highest BCUT2D eigenvalue weighted by molar-refractivity contribution is 6.21. The Balaban J connectivity index is 2.29. The topological polar surface area (TPSA) is 67.1 Å². The van der Waals surface area contributed by atoms with Crippen molar-refractivity contribution < 1.29 is 0 Å². The molecule has 0 amide bonds. The van der Waals surface area contributed by atoms with E-state index in [2.05, 4.69) is 17.1 Å². The van der Waals surface area contributed by atoms with Gasteiger partial charge in [0.1, 0.15) is 23.2 Å². The minimum absolute atomic E-state index is 0.510. The van der Waals surface area contributed by atoms with Gasteiger partial charge in [0.2, 0.25) is 0 Å². The third-order valence-electron chi connectivity index (χ3n) is 3.61. The average molecular weight is 226 g/mol. The molecular weight excluding hydrogens is 212 g/mol. The van der Waals surface area contributed by atoms with E-state index in [0.717, 1.165) is 24.2 Å². The van der Waals surface area contributed by atoms with E-state index in [0.29, 0.717) is 11.4 Å². The third kappa shape index (κ3) is 1.19. The summed E-state index contributed by atoms with van der Waals surface area (Å²) in [6.45, 7) is 0. The molecule has 0 saturated carbocycles. The van der Waals surface area contributed by atoms with Crippen molar-refractivity contribution in [3.8, 4) is 6.07 Å². The molecule has 17 heavy (non-hydrogen) atoms. The maximum atomic E-state index is 9.15. The van der Waals surface area contributed by atoms with Crippen LogP contribution in [-0.2, 0) is 12.8 Å². The predicted molar refractivity (Wildman–Crippen MR) is 66.6 cm³/mol. The highest BCUT2D eigenvalue weighted by atomic mass is 15.1. The van der Waals surface area contributed by atoms with E-state index in [-0.39, 0.29) is 0 Å². The van der Waals surface area contributed by atoms with E-state index in [1.807, 2.05) is 4.57 Å². The number of aromatic nitrogens is 1. The number of aliphatic imine (C=N–C) groups is 1. The van der Waals surface area contributed by atoms with Gasteiger partial charge >= 0.3 is 0 Å². The quantitative estimate of drug-likeness (QED) is 0.727. The molecule has 0 saturated heterocycles. The van der Waals surface area contributed by atoms with Crippen LogP contribution in [0.4, 0.5) is 0 Å². The zero-order valence-corrected chi connectivity index (χ0v) is 9.82. The Morgan fingerprint density at radius 3 is 2.88 bits per heavy atom. The van der Waals surface area contributed by atoms with E-state index in [1.54, 1.807) is 7.05 Å². The molecule has 1 aromatic rings. The van der Waals surface area contributed by atoms with Gasteiger partial charge in [0.15, 0.2) is 0 Å². The van der Waals surface area contributed by atoms with Gasteiger partial charge < -0.3 is 5.73 Å². The predicted octanol–water partition coefficient (Wildman–Crippen LogP) is 1.45. The summed E-state index contributed by atoms with van der Waals surface area (Å²) in [5.74, 6) is 0.547. The van der Waals surface area contributed by atoms with Crippen molar-refractivity contribution in [2.45, 2.75) is 25.7 Å². The fourth-order valence-corrected chi connectivity index (χ4v) is 2.85. The molecule has 0 radical (unpaired) electrons. The monoisotopic (exact) mass is 226 g/mol. The number of nitrogens with two attached hydrogens (primary N) is 1. The summed E-state index contributed by atoms with van der Waals surface area (Å²) in [7, 11) is 1.71. The van der Waals surface area contributed by atoms with Gasteiger partial charge in [-0.25, -0.2) is 0 Å². The molecule has 0 fully saturated rings. The Hall–Kier alpha value is -2.02. The van der Waals surface area contributed by atoms with Crippen LogP contribution in [0, 0.1) is 11.3 Å². The summed E-state index contributed by atoms with van der Waals surface area (Å²) in [5, 5.41) is 9.15. The van der Waals surface area contributed by atoms with Gasteiger partial charge in [0.25, 0.3) is 0 Å². The van der Waals surface area contributed by atoms with E-state index >= 15 is 0 Å². The maximum Gasteiger partial charge on any atom is 0.128 e. The van der Waals surface area contributed by atoms with Crippen molar-refractivity contribution in [3.05, 3.63) is 28.6 Å². The summed E-state index contributed by atoms with van der Waals surface area (Å²) in [5.41, 5.74) is 11.0. The number of nitrogens with zero attached hydrogens (tertiary/aromatic N) is 3. The van der Waals surface area contributed by atoms with Crippen LogP contribution in [0.1, 0.15) is 29.8 Å². The fraction of sp³-hybridized carbons (Fsp3) is 0.385. The van der Waals surface area contributed by atoms with Crippen molar-refractivity contribution in [2.24, 2.45) is 10.7 Å². The Labute approximate surface area is 100 Å². The lowest BCUT2D eigenvalue weighted by atomic mass is 9.97. The number of fused-ring (bicyclic) bond motifs is 3. The van der Waals surface area contributed by atoms with Crippen LogP contribution in [0.5, 0.6) is 0 Å². The van der Waals surface area contributed by atoms with Crippen LogP contribution in [-0.4, -0.2) is 17.3 Å². The molecule has 3 rings (SSSR count). The van der Waals surface area contributed by atoms with Crippen LogP contribution in [0.3, 0.4) is 0 Å². The van der Waals surface area contributed by atoms with E-state index < -0.39 is 0 Å². The number of hydrogen-bond donors (Lipinski definition) is 1. The summed E-state index contributed by atoms with van der Waals surface area (Å²) in [6, 6.07) is 4.30. The number of allylic oxidation sites excluding steroid dienone is 1. The van der Waals surface area contributed by atoms with Gasteiger partial charge in [-0.1, -0.05) is 0 Å². The number of aryl methyl sites for hydroxylation is 1. The van der Waals surface area contributed by atoms with Crippen molar-refractivity contribution in [1.29, 1.82) is 5.26 Å². The normalized spacial score (nSPS) is 20.4. The van der Waals surface area contributed by atoms with Gasteiger partial charge in [-0.05, 0) is 37.3 Å². The van der Waals surface area contributed by atoms with Gasteiger partial charge in [-0.15, -0.1) is 0 Å². The first kappa shape index (κ1) is 10.2. The van der Waals surface area contributed by atoms with Crippen LogP contribution in [0.2, 0.25) is 0 Å². The fourth-order valence-electron chi connectivity index (χ4n) is 2.85. The van der Waals surface area contributed by atoms with Gasteiger partial charge in [-0.2, -0.15) is 5.26 Å². The van der Waals surface area contributed by atoms with Crippen LogP contribution < -0.4 is 5.73 Å². The summed E-state index contributed by atoms with van der Waals surface area (Å²) in [6.07, 6.45) is 4.60. The Morgan fingerprint density at radius 1 is 1.41 bits per heavy atom. The van der Waals surface area contributed by atoms with Crippen LogP contribution in [0.15, 0.2) is 16.6 Å². The average Bonchev–Trinajstić information content (AvgIpc) is 2.84. The lowest BCUT2D eigenvalue weighted by Crippen LogP contribution is -2.11. The SMILES string of the molecule is CN=C1C(C#N)=C(N)n2c1cc1c2CCCC1. The van der Waals surface area contributed by atoms with Crippen molar-refractivity contribution in [3.63, 3.8) is 0 Å². The lowest BCUT2D eigenvalue weighted by Gasteiger charge is -2.14. The zero-order chi connectivity index (χ0) is 12.0. The van der Waals surface area contributed by atoms with Gasteiger partial charge in [-0.3, -0.25) is 9.56 Å². The number of rotatable bonds is 0. The summed E-state index contributed by atoms with van der Waals surface area (Å²) < 4.78 is 2.02. The number of hydrogen-bond acceptors (Lipinski definition) is 3. The minimum atomic E-state index is 0.510. The third-order valence-corrected chi connectivity index (χ3v) is 3.61. The molecule has 0 spiro atoms. The van der Waals surface area contributed by atoms with E-state index in [4.69, 9.17) is 11.0 Å². The molecule has 0 unspecified atom stereocenters. The standard InChI is InChI=1S/C13H14N4/c1-16-12-9(7-14)13(15)17-10-5-3-2-4-8(10)6-11(12)17/h6H,2-5,15H2,1H3. The molecule has 86 valence electrons. The highest BCUT2D eigenvalue weighted by Crippen LogP contribution is 2.33. The summed E-state index contributed by atoms with van der Waals surface area (Å²) >= 11 is 0. The van der Waals surface area contributed by atoms with Crippen LogP contribution in [0.25, 0.3) is 5.82 Å². The second kappa shape index (κ2) is 3.49. The largest absolute Gasteiger partial charge is 0.384 e. The molecule has 4 heteroatoms. The van der Waals surface area contributed by atoms with Gasteiger partial charge in [0, 0.05) is 12.7 Å². The zero-order valence-electron chi connectivity index (χ0n) is 9.82.